The standard InChI is InChI=1S/C20H19N3O5S/c1-3-25-15-7-4-13(5-8-15)19-22-23-20(28-19)29-12(2)18(24)21-14-6-9-16-17(10-14)27-11-26-16/h4-10,12H,3,11H2,1-2H3,(H,21,24)/t12-/m1/s1. The number of nitrogens with one attached hydrogen (secondary N) is 1. The Labute approximate surface area is 171 Å². The molecule has 2 heterocycles. The van der Waals surface area contributed by atoms with Crippen LogP contribution in [0, 0.1) is 0 Å². The van der Waals surface area contributed by atoms with Gasteiger partial charge in [-0.3, -0.25) is 4.79 Å². The van der Waals surface area contributed by atoms with Gasteiger partial charge in [0.25, 0.3) is 5.22 Å². The molecule has 8 nitrogen and oxygen atoms in total. The van der Waals surface area contributed by atoms with Gasteiger partial charge in [0.1, 0.15) is 5.75 Å². The molecule has 0 saturated heterocycles. The Kier molecular flexibility index (Phi) is 5.57. The van der Waals surface area contributed by atoms with Gasteiger partial charge in [-0.2, -0.15) is 0 Å². The maximum atomic E-state index is 12.5. The van der Waals surface area contributed by atoms with Crippen molar-refractivity contribution in [2.24, 2.45) is 0 Å². The number of benzene rings is 2. The minimum Gasteiger partial charge on any atom is -0.494 e. The largest absolute Gasteiger partial charge is 0.494 e. The number of carbonyl (C=O) groups is 1. The first-order valence-electron chi connectivity index (χ1n) is 9.06. The molecule has 1 aromatic heterocycles. The number of amides is 1. The van der Waals surface area contributed by atoms with Gasteiger partial charge in [-0.1, -0.05) is 11.8 Å². The van der Waals surface area contributed by atoms with Gasteiger partial charge >= 0.3 is 0 Å². The number of aromatic nitrogens is 2. The van der Waals surface area contributed by atoms with Crippen LogP contribution in [0.1, 0.15) is 13.8 Å². The number of hydrogen-bond donors (Lipinski definition) is 1. The summed E-state index contributed by atoms with van der Waals surface area (Å²) >= 11 is 1.19. The van der Waals surface area contributed by atoms with Gasteiger partial charge in [0.05, 0.1) is 11.9 Å². The van der Waals surface area contributed by atoms with E-state index in [1.807, 2.05) is 31.2 Å². The molecule has 2 aromatic carbocycles. The molecule has 0 saturated carbocycles. The highest BCUT2D eigenvalue weighted by molar-refractivity contribution is 8.00. The first-order chi connectivity index (χ1) is 14.1. The van der Waals surface area contributed by atoms with Crippen molar-refractivity contribution in [2.75, 3.05) is 18.7 Å². The fraction of sp³-hybridized carbons (Fsp3) is 0.250. The Morgan fingerprint density at radius 2 is 1.97 bits per heavy atom. The number of anilines is 1. The van der Waals surface area contributed by atoms with Gasteiger partial charge in [-0.05, 0) is 50.2 Å². The van der Waals surface area contributed by atoms with Crippen molar-refractivity contribution in [1.82, 2.24) is 10.2 Å². The molecule has 0 spiro atoms. The van der Waals surface area contributed by atoms with Gasteiger partial charge in [0.2, 0.25) is 18.6 Å². The predicted molar refractivity (Wildman–Crippen MR) is 107 cm³/mol. The Balaban J connectivity index is 1.37. The molecular weight excluding hydrogens is 394 g/mol. The lowest BCUT2D eigenvalue weighted by Gasteiger charge is -2.10. The second kappa shape index (κ2) is 8.44. The van der Waals surface area contributed by atoms with Crippen LogP contribution in [0.3, 0.4) is 0 Å². The molecule has 4 rings (SSSR count). The monoisotopic (exact) mass is 413 g/mol. The summed E-state index contributed by atoms with van der Waals surface area (Å²) in [5.74, 6) is 2.26. The lowest BCUT2D eigenvalue weighted by atomic mass is 10.2. The summed E-state index contributed by atoms with van der Waals surface area (Å²) in [5, 5.41) is 10.8. The predicted octanol–water partition coefficient (Wildman–Crippen LogP) is 3.98. The summed E-state index contributed by atoms with van der Waals surface area (Å²) in [6, 6.07) is 12.6. The van der Waals surface area contributed by atoms with Crippen LogP contribution in [-0.2, 0) is 4.79 Å². The first-order valence-corrected chi connectivity index (χ1v) is 9.94. The Morgan fingerprint density at radius 1 is 1.17 bits per heavy atom. The number of nitrogens with zero attached hydrogens (tertiary/aromatic N) is 2. The second-order valence-electron chi connectivity index (χ2n) is 6.15. The summed E-state index contributed by atoms with van der Waals surface area (Å²) in [6.07, 6.45) is 0. The fourth-order valence-electron chi connectivity index (χ4n) is 2.66. The van der Waals surface area contributed by atoms with Crippen molar-refractivity contribution in [3.8, 4) is 28.7 Å². The number of thioether (sulfide) groups is 1. The van der Waals surface area contributed by atoms with Crippen molar-refractivity contribution < 1.29 is 23.4 Å². The molecule has 0 radical (unpaired) electrons. The van der Waals surface area contributed by atoms with Crippen molar-refractivity contribution >= 4 is 23.4 Å². The smallest absolute Gasteiger partial charge is 0.277 e. The molecular formula is C20H19N3O5S. The van der Waals surface area contributed by atoms with E-state index in [4.69, 9.17) is 18.6 Å². The topological polar surface area (TPSA) is 95.7 Å². The van der Waals surface area contributed by atoms with Gasteiger partial charge in [-0.25, -0.2) is 0 Å². The van der Waals surface area contributed by atoms with Gasteiger partial charge in [0.15, 0.2) is 11.5 Å². The lowest BCUT2D eigenvalue weighted by Crippen LogP contribution is -2.22. The number of hydrogen-bond acceptors (Lipinski definition) is 8. The van der Waals surface area contributed by atoms with Gasteiger partial charge in [0, 0.05) is 17.3 Å². The first kappa shape index (κ1) is 19.1. The molecule has 1 aliphatic rings. The molecule has 1 amide bonds. The van der Waals surface area contributed by atoms with E-state index in [0.717, 1.165) is 11.3 Å². The van der Waals surface area contributed by atoms with E-state index in [9.17, 15) is 4.79 Å². The van der Waals surface area contributed by atoms with E-state index < -0.39 is 5.25 Å². The Bertz CT molecular complexity index is 1010. The molecule has 150 valence electrons. The van der Waals surface area contributed by atoms with Crippen LogP contribution in [0.2, 0.25) is 0 Å². The molecule has 1 N–H and O–H groups in total. The van der Waals surface area contributed by atoms with Crippen molar-refractivity contribution in [3.05, 3.63) is 42.5 Å². The van der Waals surface area contributed by atoms with Crippen molar-refractivity contribution in [1.29, 1.82) is 0 Å². The summed E-state index contributed by atoms with van der Waals surface area (Å²) in [6.45, 7) is 4.49. The lowest BCUT2D eigenvalue weighted by molar-refractivity contribution is -0.115. The van der Waals surface area contributed by atoms with E-state index in [2.05, 4.69) is 15.5 Å². The highest BCUT2D eigenvalue weighted by Crippen LogP contribution is 2.34. The third kappa shape index (κ3) is 4.45. The van der Waals surface area contributed by atoms with Crippen molar-refractivity contribution in [2.45, 2.75) is 24.3 Å². The van der Waals surface area contributed by atoms with E-state index in [0.29, 0.717) is 34.9 Å². The van der Waals surface area contributed by atoms with E-state index >= 15 is 0 Å². The number of carbonyl (C=O) groups excluding carboxylic acids is 1. The fourth-order valence-corrected chi connectivity index (χ4v) is 3.34. The van der Waals surface area contributed by atoms with Crippen LogP contribution in [0.15, 0.2) is 52.1 Å². The van der Waals surface area contributed by atoms with Crippen LogP contribution in [0.4, 0.5) is 5.69 Å². The van der Waals surface area contributed by atoms with Crippen LogP contribution in [-0.4, -0.2) is 34.8 Å². The van der Waals surface area contributed by atoms with Gasteiger partial charge < -0.3 is 23.9 Å². The minimum atomic E-state index is -0.436. The minimum absolute atomic E-state index is 0.185. The molecule has 1 aliphatic heterocycles. The van der Waals surface area contributed by atoms with Crippen LogP contribution < -0.4 is 19.5 Å². The maximum Gasteiger partial charge on any atom is 0.277 e. The molecule has 0 bridgehead atoms. The summed E-state index contributed by atoms with van der Waals surface area (Å²) in [7, 11) is 0. The summed E-state index contributed by atoms with van der Waals surface area (Å²) in [5.41, 5.74) is 1.41. The van der Waals surface area contributed by atoms with Crippen LogP contribution in [0.25, 0.3) is 11.5 Å². The van der Waals surface area contributed by atoms with Crippen LogP contribution in [0.5, 0.6) is 17.2 Å². The maximum absolute atomic E-state index is 12.5. The van der Waals surface area contributed by atoms with Crippen LogP contribution >= 0.6 is 11.8 Å². The summed E-state index contributed by atoms with van der Waals surface area (Å²) in [4.78, 5) is 12.5. The van der Waals surface area contributed by atoms with Gasteiger partial charge in [-0.15, -0.1) is 10.2 Å². The molecule has 3 aromatic rings. The average molecular weight is 413 g/mol. The number of rotatable bonds is 7. The zero-order valence-corrected chi connectivity index (χ0v) is 16.7. The molecule has 29 heavy (non-hydrogen) atoms. The SMILES string of the molecule is CCOc1ccc(-c2nnc(S[C@H](C)C(=O)Nc3ccc4c(c3)OCO4)o2)cc1. The normalized spacial score (nSPS) is 13.2. The van der Waals surface area contributed by atoms with E-state index in [-0.39, 0.29) is 12.7 Å². The highest BCUT2D eigenvalue weighted by Gasteiger charge is 2.20. The number of fused-ring (bicyclic) bond motifs is 1. The Morgan fingerprint density at radius 3 is 2.76 bits per heavy atom. The third-order valence-corrected chi connectivity index (χ3v) is 5.04. The van der Waals surface area contributed by atoms with E-state index in [1.165, 1.54) is 11.8 Å². The quantitative estimate of drug-likeness (QED) is 0.581. The zero-order valence-electron chi connectivity index (χ0n) is 15.9. The molecule has 0 aliphatic carbocycles. The molecule has 9 heteroatoms. The third-order valence-electron chi connectivity index (χ3n) is 4.11. The summed E-state index contributed by atoms with van der Waals surface area (Å²) < 4.78 is 21.7. The van der Waals surface area contributed by atoms with E-state index in [1.54, 1.807) is 25.1 Å². The molecule has 1 atom stereocenters. The highest BCUT2D eigenvalue weighted by atomic mass is 32.2. The zero-order chi connectivity index (χ0) is 20.2. The average Bonchev–Trinajstić information content (AvgIpc) is 3.38. The number of ether oxygens (including phenoxy) is 3. The second-order valence-corrected chi connectivity index (χ2v) is 7.44. The Hall–Kier alpha value is -3.20. The molecule has 0 fully saturated rings. The van der Waals surface area contributed by atoms with Crippen molar-refractivity contribution in [3.63, 3.8) is 0 Å². The molecule has 0 unspecified atom stereocenters.